The van der Waals surface area contributed by atoms with Crippen molar-refractivity contribution in [2.24, 2.45) is 5.92 Å². The number of rotatable bonds is 2. The summed E-state index contributed by atoms with van der Waals surface area (Å²) in [6.45, 7) is 3.93. The van der Waals surface area contributed by atoms with E-state index in [1.54, 1.807) is 6.92 Å². The fraction of sp³-hybridized carbons (Fsp3) is 0.526. The second-order valence-corrected chi connectivity index (χ2v) is 7.24. The summed E-state index contributed by atoms with van der Waals surface area (Å²) in [7, 11) is 0. The van der Waals surface area contributed by atoms with Gasteiger partial charge in [0.1, 0.15) is 0 Å². The Bertz CT molecular complexity index is 755. The maximum Gasteiger partial charge on any atom is 0.322 e. The molecular weight excluding hydrogens is 316 g/mol. The fourth-order valence-corrected chi connectivity index (χ4v) is 4.36. The first-order valence-corrected chi connectivity index (χ1v) is 9.11. The lowest BCUT2D eigenvalue weighted by Crippen LogP contribution is -2.44. The van der Waals surface area contributed by atoms with Gasteiger partial charge in [-0.05, 0) is 56.4 Å². The molecular formula is C19H24N4O2. The number of amides is 2. The van der Waals surface area contributed by atoms with Gasteiger partial charge in [-0.25, -0.2) is 4.79 Å². The number of benzene rings is 1. The number of hydrogen-bond acceptors (Lipinski definition) is 4. The molecule has 6 heteroatoms. The smallest absolute Gasteiger partial charge is 0.322 e. The number of fused-ring (bicyclic) bond motifs is 1. The van der Waals surface area contributed by atoms with Crippen LogP contribution in [-0.2, 0) is 0 Å². The van der Waals surface area contributed by atoms with Crippen molar-refractivity contribution in [1.82, 2.24) is 15.1 Å². The van der Waals surface area contributed by atoms with Crippen LogP contribution in [0.1, 0.15) is 44.9 Å². The maximum absolute atomic E-state index is 12.8. The number of aromatic nitrogens is 2. The van der Waals surface area contributed by atoms with Crippen molar-refractivity contribution < 1.29 is 9.21 Å². The average molecular weight is 340 g/mol. The van der Waals surface area contributed by atoms with E-state index in [0.29, 0.717) is 29.8 Å². The molecule has 1 aromatic heterocycles. The minimum atomic E-state index is 0.0169. The summed E-state index contributed by atoms with van der Waals surface area (Å²) >= 11 is 0. The molecule has 1 aliphatic carbocycles. The van der Waals surface area contributed by atoms with E-state index in [1.807, 2.05) is 24.3 Å². The van der Waals surface area contributed by atoms with Crippen molar-refractivity contribution in [3.8, 4) is 11.5 Å². The van der Waals surface area contributed by atoms with Crippen LogP contribution in [0.2, 0.25) is 0 Å². The number of likely N-dealkylation sites (tertiary alicyclic amines) is 1. The molecule has 1 N–H and O–H groups in total. The highest BCUT2D eigenvalue weighted by molar-refractivity contribution is 5.90. The molecule has 3 atom stereocenters. The van der Waals surface area contributed by atoms with Gasteiger partial charge in [-0.3, -0.25) is 0 Å². The van der Waals surface area contributed by atoms with Crippen molar-refractivity contribution >= 4 is 11.7 Å². The first kappa shape index (κ1) is 16.1. The number of urea groups is 1. The van der Waals surface area contributed by atoms with Crippen LogP contribution in [0.25, 0.3) is 11.5 Å². The van der Waals surface area contributed by atoms with Gasteiger partial charge in [0.2, 0.25) is 11.8 Å². The largest absolute Gasteiger partial charge is 0.421 e. The predicted molar refractivity (Wildman–Crippen MR) is 95.2 cm³/mol. The van der Waals surface area contributed by atoms with E-state index >= 15 is 0 Å². The number of anilines is 1. The zero-order chi connectivity index (χ0) is 17.4. The molecule has 1 aromatic carbocycles. The molecule has 4 rings (SSSR count). The van der Waals surface area contributed by atoms with Crippen LogP contribution in [-0.4, -0.2) is 33.2 Å². The highest BCUT2D eigenvalue weighted by Gasteiger charge is 2.42. The third kappa shape index (κ3) is 3.13. The highest BCUT2D eigenvalue weighted by atomic mass is 16.4. The Labute approximate surface area is 147 Å². The number of aryl methyl sites for hydroxylation is 1. The molecule has 25 heavy (non-hydrogen) atoms. The lowest BCUT2D eigenvalue weighted by Gasteiger charge is -2.33. The predicted octanol–water partition coefficient (Wildman–Crippen LogP) is 4.23. The van der Waals surface area contributed by atoms with E-state index in [4.69, 9.17) is 4.42 Å². The van der Waals surface area contributed by atoms with Crippen LogP contribution < -0.4 is 5.32 Å². The number of carbonyl (C=O) groups excluding carboxylic acids is 1. The van der Waals surface area contributed by atoms with Gasteiger partial charge in [0.25, 0.3) is 0 Å². The molecule has 2 heterocycles. The Morgan fingerprint density at radius 2 is 1.96 bits per heavy atom. The van der Waals surface area contributed by atoms with E-state index in [-0.39, 0.29) is 6.03 Å². The van der Waals surface area contributed by atoms with Crippen molar-refractivity contribution in [1.29, 1.82) is 0 Å². The molecule has 132 valence electrons. The molecule has 6 nitrogen and oxygen atoms in total. The van der Waals surface area contributed by atoms with Gasteiger partial charge >= 0.3 is 6.03 Å². The third-order valence-corrected chi connectivity index (χ3v) is 5.49. The van der Waals surface area contributed by atoms with Crippen LogP contribution >= 0.6 is 0 Å². The molecule has 1 saturated carbocycles. The molecule has 2 aliphatic rings. The Hall–Kier alpha value is -2.37. The van der Waals surface area contributed by atoms with Gasteiger partial charge in [0, 0.05) is 30.3 Å². The van der Waals surface area contributed by atoms with Crippen LogP contribution in [0.4, 0.5) is 10.5 Å². The summed E-state index contributed by atoms with van der Waals surface area (Å²) in [6, 6.07) is 8.28. The summed E-state index contributed by atoms with van der Waals surface area (Å²) in [6.07, 6.45) is 6.07. The van der Waals surface area contributed by atoms with Crippen LogP contribution in [0.5, 0.6) is 0 Å². The van der Waals surface area contributed by atoms with Crippen LogP contribution in [0.15, 0.2) is 28.7 Å². The zero-order valence-electron chi connectivity index (χ0n) is 14.7. The Morgan fingerprint density at radius 3 is 2.68 bits per heavy atom. The summed E-state index contributed by atoms with van der Waals surface area (Å²) < 4.78 is 5.43. The summed E-state index contributed by atoms with van der Waals surface area (Å²) in [5, 5.41) is 10.9. The molecule has 2 amide bonds. The lowest BCUT2D eigenvalue weighted by molar-refractivity contribution is 0.168. The van der Waals surface area contributed by atoms with Crippen LogP contribution in [0.3, 0.4) is 0 Å². The van der Waals surface area contributed by atoms with Crippen LogP contribution in [0, 0.1) is 12.8 Å². The maximum atomic E-state index is 12.8. The number of carbonyl (C=O) groups is 1. The summed E-state index contributed by atoms with van der Waals surface area (Å²) in [5.41, 5.74) is 1.64. The van der Waals surface area contributed by atoms with Gasteiger partial charge in [-0.15, -0.1) is 10.2 Å². The Balaban J connectivity index is 1.45. The second kappa shape index (κ2) is 6.50. The lowest BCUT2D eigenvalue weighted by atomic mass is 9.85. The average Bonchev–Trinajstić information content (AvgIpc) is 3.18. The monoisotopic (exact) mass is 340 g/mol. The second-order valence-electron chi connectivity index (χ2n) is 7.24. The van der Waals surface area contributed by atoms with Crippen molar-refractivity contribution in [2.45, 2.75) is 58.0 Å². The minimum absolute atomic E-state index is 0.0169. The van der Waals surface area contributed by atoms with Crippen molar-refractivity contribution in [3.63, 3.8) is 0 Å². The molecule has 2 fully saturated rings. The topological polar surface area (TPSA) is 71.3 Å². The van der Waals surface area contributed by atoms with Gasteiger partial charge in [-0.1, -0.05) is 12.8 Å². The molecule has 1 saturated heterocycles. The van der Waals surface area contributed by atoms with Crippen molar-refractivity contribution in [2.75, 3.05) is 5.32 Å². The highest BCUT2D eigenvalue weighted by Crippen LogP contribution is 2.39. The SMILES string of the molecule is Cc1nnc(-c2ccc(NC(=O)N3[C@H](C)C[C@H]4CCCC[C@@H]43)cc2)o1. The van der Waals surface area contributed by atoms with Crippen molar-refractivity contribution in [3.05, 3.63) is 30.2 Å². The Kier molecular flexibility index (Phi) is 4.19. The minimum Gasteiger partial charge on any atom is -0.421 e. The summed E-state index contributed by atoms with van der Waals surface area (Å²) in [4.78, 5) is 14.9. The number of nitrogens with one attached hydrogen (secondary N) is 1. The molecule has 2 aromatic rings. The van der Waals surface area contributed by atoms with E-state index < -0.39 is 0 Å². The normalized spacial score (nSPS) is 25.7. The van der Waals surface area contributed by atoms with Gasteiger partial charge in [0.05, 0.1) is 0 Å². The fourth-order valence-electron chi connectivity index (χ4n) is 4.36. The first-order chi connectivity index (χ1) is 12.1. The third-order valence-electron chi connectivity index (χ3n) is 5.49. The molecule has 0 bridgehead atoms. The molecule has 0 unspecified atom stereocenters. The number of nitrogens with zero attached hydrogens (tertiary/aromatic N) is 3. The van der Waals surface area contributed by atoms with E-state index in [1.165, 1.54) is 19.3 Å². The standard InChI is InChI=1S/C19H24N4O2/c1-12-11-15-5-3-4-6-17(15)23(12)19(24)20-16-9-7-14(8-10-16)18-22-21-13(2)25-18/h7-10,12,15,17H,3-6,11H2,1-2H3,(H,20,24)/t12-,15-,17+/m1/s1. The summed E-state index contributed by atoms with van der Waals surface area (Å²) in [5.74, 6) is 1.71. The zero-order valence-corrected chi connectivity index (χ0v) is 14.7. The molecule has 0 spiro atoms. The quantitative estimate of drug-likeness (QED) is 0.888. The van der Waals surface area contributed by atoms with Gasteiger partial charge in [-0.2, -0.15) is 0 Å². The number of hydrogen-bond donors (Lipinski definition) is 1. The Morgan fingerprint density at radius 1 is 1.20 bits per heavy atom. The van der Waals surface area contributed by atoms with E-state index in [2.05, 4.69) is 27.3 Å². The van der Waals surface area contributed by atoms with E-state index in [9.17, 15) is 4.79 Å². The van der Waals surface area contributed by atoms with Gasteiger partial charge in [0.15, 0.2) is 0 Å². The molecule has 1 aliphatic heterocycles. The van der Waals surface area contributed by atoms with Gasteiger partial charge < -0.3 is 14.6 Å². The first-order valence-electron chi connectivity index (χ1n) is 9.11. The molecule has 0 radical (unpaired) electrons. The van der Waals surface area contributed by atoms with E-state index in [0.717, 1.165) is 24.1 Å².